The van der Waals surface area contributed by atoms with Crippen molar-refractivity contribution in [3.63, 3.8) is 0 Å². The molecule has 4 N–H and O–H groups in total. The molecule has 0 bridgehead atoms. The number of hydrogen-bond acceptors (Lipinski definition) is 3. The summed E-state index contributed by atoms with van der Waals surface area (Å²) in [6.07, 6.45) is 0. The number of rotatable bonds is 4. The molecule has 0 fully saturated rings. The Morgan fingerprint density at radius 3 is 2.65 bits per heavy atom. The van der Waals surface area contributed by atoms with E-state index < -0.39 is 11.7 Å². The first-order valence-corrected chi connectivity index (χ1v) is 5.45. The minimum atomic E-state index is -0.748. The van der Waals surface area contributed by atoms with Crippen molar-refractivity contribution in [2.24, 2.45) is 11.7 Å². The lowest BCUT2D eigenvalue weighted by Crippen LogP contribution is -2.43. The van der Waals surface area contributed by atoms with E-state index in [0.29, 0.717) is 6.54 Å². The fraction of sp³-hybridized carbons (Fsp3) is 0.417. The van der Waals surface area contributed by atoms with Gasteiger partial charge in [0.25, 0.3) is 5.91 Å². The van der Waals surface area contributed by atoms with E-state index in [0.717, 1.165) is 6.07 Å². The molecule has 94 valence electrons. The second-order valence-electron chi connectivity index (χ2n) is 4.22. The third-order valence-electron chi connectivity index (χ3n) is 2.57. The van der Waals surface area contributed by atoms with Gasteiger partial charge in [-0.3, -0.25) is 4.79 Å². The molecule has 1 rings (SSSR count). The van der Waals surface area contributed by atoms with E-state index >= 15 is 0 Å². The molecule has 17 heavy (non-hydrogen) atoms. The number of nitrogens with two attached hydrogens (primary N) is 1. The van der Waals surface area contributed by atoms with Crippen LogP contribution in [0.15, 0.2) is 18.2 Å². The molecule has 0 aliphatic rings. The molecule has 1 aromatic rings. The quantitative estimate of drug-likeness (QED) is 0.741. The van der Waals surface area contributed by atoms with Gasteiger partial charge in [-0.25, -0.2) is 4.39 Å². The maximum Gasteiger partial charge on any atom is 0.254 e. The molecule has 0 saturated heterocycles. The maximum absolute atomic E-state index is 13.4. The first-order valence-electron chi connectivity index (χ1n) is 5.45. The molecule has 0 spiro atoms. The van der Waals surface area contributed by atoms with Crippen molar-refractivity contribution in [1.29, 1.82) is 0 Å². The fourth-order valence-corrected chi connectivity index (χ4v) is 1.43. The van der Waals surface area contributed by atoms with Crippen molar-refractivity contribution in [3.05, 3.63) is 29.6 Å². The normalized spacial score (nSPS) is 12.5. The number of aromatic hydroxyl groups is 1. The molecule has 4 nitrogen and oxygen atoms in total. The van der Waals surface area contributed by atoms with Gasteiger partial charge in [-0.1, -0.05) is 13.8 Å². The summed E-state index contributed by atoms with van der Waals surface area (Å²) in [4.78, 5) is 11.8. The molecule has 5 heteroatoms. The summed E-state index contributed by atoms with van der Waals surface area (Å²) >= 11 is 0. The van der Waals surface area contributed by atoms with Crippen molar-refractivity contribution in [2.45, 2.75) is 19.9 Å². The average molecular weight is 240 g/mol. The van der Waals surface area contributed by atoms with Gasteiger partial charge < -0.3 is 16.2 Å². The Kier molecular flexibility index (Phi) is 4.45. The Morgan fingerprint density at radius 2 is 2.18 bits per heavy atom. The zero-order chi connectivity index (χ0) is 13.0. The van der Waals surface area contributed by atoms with Gasteiger partial charge in [-0.2, -0.15) is 0 Å². The Labute approximate surface area is 99.6 Å². The lowest BCUT2D eigenvalue weighted by atomic mass is 10.0. The zero-order valence-corrected chi connectivity index (χ0v) is 9.90. The lowest BCUT2D eigenvalue weighted by molar-refractivity contribution is 0.0923. The number of phenols is 1. The van der Waals surface area contributed by atoms with Crippen molar-refractivity contribution >= 4 is 5.91 Å². The smallest absolute Gasteiger partial charge is 0.254 e. The van der Waals surface area contributed by atoms with Crippen molar-refractivity contribution < 1.29 is 14.3 Å². The molecule has 0 aromatic heterocycles. The SMILES string of the molecule is CC(C)C(CN)NC(=O)c1ccc(O)cc1F. The summed E-state index contributed by atoms with van der Waals surface area (Å²) in [5, 5.41) is 11.7. The minimum Gasteiger partial charge on any atom is -0.508 e. The molecule has 0 saturated carbocycles. The highest BCUT2D eigenvalue weighted by molar-refractivity contribution is 5.94. The lowest BCUT2D eigenvalue weighted by Gasteiger charge is -2.20. The molecule has 1 atom stereocenters. The molecular formula is C12H17FN2O2. The van der Waals surface area contributed by atoms with Gasteiger partial charge in [-0.15, -0.1) is 0 Å². The Morgan fingerprint density at radius 1 is 1.53 bits per heavy atom. The van der Waals surface area contributed by atoms with Gasteiger partial charge in [-0.05, 0) is 18.1 Å². The number of carbonyl (C=O) groups is 1. The molecule has 1 amide bonds. The summed E-state index contributed by atoms with van der Waals surface area (Å²) in [5.41, 5.74) is 5.42. The summed E-state index contributed by atoms with van der Waals surface area (Å²) in [5.74, 6) is -1.31. The van der Waals surface area contributed by atoms with Crippen LogP contribution in [0.1, 0.15) is 24.2 Å². The van der Waals surface area contributed by atoms with E-state index in [2.05, 4.69) is 5.32 Å². The predicted molar refractivity (Wildman–Crippen MR) is 63.2 cm³/mol. The van der Waals surface area contributed by atoms with E-state index in [-0.39, 0.29) is 23.3 Å². The van der Waals surface area contributed by atoms with Gasteiger partial charge in [0, 0.05) is 18.7 Å². The highest BCUT2D eigenvalue weighted by Gasteiger charge is 2.18. The van der Waals surface area contributed by atoms with Gasteiger partial charge in [0.15, 0.2) is 0 Å². The fourth-order valence-electron chi connectivity index (χ4n) is 1.43. The number of amides is 1. The number of benzene rings is 1. The van der Waals surface area contributed by atoms with E-state index in [9.17, 15) is 9.18 Å². The van der Waals surface area contributed by atoms with E-state index in [1.165, 1.54) is 12.1 Å². The van der Waals surface area contributed by atoms with Crippen LogP contribution in [0.3, 0.4) is 0 Å². The number of hydrogen-bond donors (Lipinski definition) is 3. The van der Waals surface area contributed by atoms with Crippen LogP contribution in [0.2, 0.25) is 0 Å². The second-order valence-corrected chi connectivity index (χ2v) is 4.22. The van der Waals surface area contributed by atoms with Crippen LogP contribution < -0.4 is 11.1 Å². The van der Waals surface area contributed by atoms with Crippen LogP contribution >= 0.6 is 0 Å². The molecule has 0 aliphatic carbocycles. The highest BCUT2D eigenvalue weighted by atomic mass is 19.1. The third kappa shape index (κ3) is 3.42. The van der Waals surface area contributed by atoms with Crippen LogP contribution in [0.25, 0.3) is 0 Å². The summed E-state index contributed by atoms with van der Waals surface area (Å²) in [6.45, 7) is 4.14. The standard InChI is InChI=1S/C12H17FN2O2/c1-7(2)11(6-14)15-12(17)9-4-3-8(16)5-10(9)13/h3-5,7,11,16H,6,14H2,1-2H3,(H,15,17). The zero-order valence-electron chi connectivity index (χ0n) is 9.90. The predicted octanol–water partition coefficient (Wildman–Crippen LogP) is 1.24. The van der Waals surface area contributed by atoms with Gasteiger partial charge in [0.2, 0.25) is 0 Å². The molecule has 0 heterocycles. The van der Waals surface area contributed by atoms with Crippen LogP contribution in [0.4, 0.5) is 4.39 Å². The van der Waals surface area contributed by atoms with Crippen molar-refractivity contribution in [2.75, 3.05) is 6.54 Å². The van der Waals surface area contributed by atoms with E-state index in [1.54, 1.807) is 0 Å². The second kappa shape index (κ2) is 5.63. The van der Waals surface area contributed by atoms with Gasteiger partial charge >= 0.3 is 0 Å². The molecular weight excluding hydrogens is 223 g/mol. The minimum absolute atomic E-state index is 0.0955. The summed E-state index contributed by atoms with van der Waals surface area (Å²) in [7, 11) is 0. The maximum atomic E-state index is 13.4. The number of phenolic OH excluding ortho intramolecular Hbond substituents is 1. The summed E-state index contributed by atoms with van der Waals surface area (Å²) in [6, 6.07) is 3.22. The summed E-state index contributed by atoms with van der Waals surface area (Å²) < 4.78 is 13.4. The largest absolute Gasteiger partial charge is 0.508 e. The Hall–Kier alpha value is -1.62. The number of nitrogens with one attached hydrogen (secondary N) is 1. The van der Waals surface area contributed by atoms with Crippen molar-refractivity contribution in [3.8, 4) is 5.75 Å². The van der Waals surface area contributed by atoms with Crippen LogP contribution in [-0.2, 0) is 0 Å². The van der Waals surface area contributed by atoms with Crippen LogP contribution in [-0.4, -0.2) is 23.6 Å². The topological polar surface area (TPSA) is 75.3 Å². The molecule has 1 unspecified atom stereocenters. The van der Waals surface area contributed by atoms with E-state index in [4.69, 9.17) is 10.8 Å². The Bertz CT molecular complexity index is 407. The first kappa shape index (κ1) is 13.4. The average Bonchev–Trinajstić information content (AvgIpc) is 2.24. The first-order chi connectivity index (χ1) is 7.95. The van der Waals surface area contributed by atoms with Gasteiger partial charge in [0.05, 0.1) is 5.56 Å². The van der Waals surface area contributed by atoms with Crippen molar-refractivity contribution in [1.82, 2.24) is 5.32 Å². The monoisotopic (exact) mass is 240 g/mol. The highest BCUT2D eigenvalue weighted by Crippen LogP contribution is 2.15. The van der Waals surface area contributed by atoms with Crippen LogP contribution in [0.5, 0.6) is 5.75 Å². The number of halogens is 1. The molecule has 1 aromatic carbocycles. The van der Waals surface area contributed by atoms with E-state index in [1.807, 2.05) is 13.8 Å². The number of carbonyl (C=O) groups excluding carboxylic acids is 1. The van der Waals surface area contributed by atoms with Crippen LogP contribution in [0, 0.1) is 11.7 Å². The third-order valence-corrected chi connectivity index (χ3v) is 2.57. The molecule has 0 radical (unpaired) electrons. The Balaban J connectivity index is 2.82. The van der Waals surface area contributed by atoms with Gasteiger partial charge in [0.1, 0.15) is 11.6 Å². The molecule has 0 aliphatic heterocycles.